The summed E-state index contributed by atoms with van der Waals surface area (Å²) in [5, 5.41) is 0. The molecule has 2 aromatic rings. The average molecular weight is 401 g/mol. The highest BCUT2D eigenvalue weighted by atomic mass is 32.2. The standard InChI is InChI=1S/C22H28N2O3S/c1-17(2)8-9-18-10-12-21(13-11-18)28(26,27)23-20-7-5-6-19(16-20)22(25)24-14-3-4-15-24/h5-7,10-13,16-17,23H,3-4,8-9,14-15H2,1-2H3. The van der Waals surface area contributed by atoms with Crippen molar-refractivity contribution in [1.29, 1.82) is 0 Å². The van der Waals surface area contributed by atoms with Crippen molar-refractivity contribution < 1.29 is 13.2 Å². The van der Waals surface area contributed by atoms with Crippen molar-refractivity contribution in [3.8, 4) is 0 Å². The molecule has 5 nitrogen and oxygen atoms in total. The van der Waals surface area contributed by atoms with Gasteiger partial charge in [-0.25, -0.2) is 8.42 Å². The van der Waals surface area contributed by atoms with Gasteiger partial charge in [-0.15, -0.1) is 0 Å². The number of hydrogen-bond donors (Lipinski definition) is 1. The summed E-state index contributed by atoms with van der Waals surface area (Å²) in [7, 11) is -3.70. The molecule has 1 N–H and O–H groups in total. The van der Waals surface area contributed by atoms with Crippen LogP contribution in [-0.2, 0) is 16.4 Å². The van der Waals surface area contributed by atoms with Crippen LogP contribution in [0.4, 0.5) is 5.69 Å². The van der Waals surface area contributed by atoms with E-state index in [1.165, 1.54) is 0 Å². The molecule has 0 atom stereocenters. The number of nitrogens with one attached hydrogen (secondary N) is 1. The summed E-state index contributed by atoms with van der Waals surface area (Å²) in [5.41, 5.74) is 2.03. The number of anilines is 1. The van der Waals surface area contributed by atoms with Gasteiger partial charge >= 0.3 is 0 Å². The quantitative estimate of drug-likeness (QED) is 0.753. The van der Waals surface area contributed by atoms with E-state index in [-0.39, 0.29) is 10.8 Å². The zero-order chi connectivity index (χ0) is 20.1. The largest absolute Gasteiger partial charge is 0.339 e. The van der Waals surface area contributed by atoms with Crippen LogP contribution in [0.1, 0.15) is 49.0 Å². The van der Waals surface area contributed by atoms with Crippen LogP contribution in [0.2, 0.25) is 0 Å². The third-order valence-corrected chi connectivity index (χ3v) is 6.40. The van der Waals surface area contributed by atoms with Crippen LogP contribution < -0.4 is 4.72 Å². The van der Waals surface area contributed by atoms with E-state index >= 15 is 0 Å². The molecule has 0 aromatic heterocycles. The normalized spacial score (nSPS) is 14.5. The second-order valence-electron chi connectivity index (χ2n) is 7.76. The van der Waals surface area contributed by atoms with Gasteiger partial charge in [-0.1, -0.05) is 32.0 Å². The molecule has 1 heterocycles. The highest BCUT2D eigenvalue weighted by Crippen LogP contribution is 2.20. The van der Waals surface area contributed by atoms with Crippen molar-refractivity contribution in [1.82, 2.24) is 4.90 Å². The van der Waals surface area contributed by atoms with Crippen LogP contribution in [0.3, 0.4) is 0 Å². The molecule has 0 radical (unpaired) electrons. The number of carbonyl (C=O) groups excluding carboxylic acids is 1. The van der Waals surface area contributed by atoms with Crippen molar-refractivity contribution >= 4 is 21.6 Å². The van der Waals surface area contributed by atoms with Crippen LogP contribution in [0.25, 0.3) is 0 Å². The molecule has 1 fully saturated rings. The molecule has 6 heteroatoms. The average Bonchev–Trinajstić information content (AvgIpc) is 3.21. The van der Waals surface area contributed by atoms with Crippen LogP contribution in [-0.4, -0.2) is 32.3 Å². The number of nitrogens with zero attached hydrogens (tertiary/aromatic N) is 1. The lowest BCUT2D eigenvalue weighted by atomic mass is 10.0. The fourth-order valence-corrected chi connectivity index (χ4v) is 4.37. The molecule has 0 saturated carbocycles. The zero-order valence-electron chi connectivity index (χ0n) is 16.5. The molecule has 0 aliphatic carbocycles. The summed E-state index contributed by atoms with van der Waals surface area (Å²) in [6.07, 6.45) is 4.05. The van der Waals surface area contributed by atoms with Gasteiger partial charge in [0, 0.05) is 24.3 Å². The molecule has 2 aromatic carbocycles. The number of sulfonamides is 1. The first-order chi connectivity index (χ1) is 13.3. The van der Waals surface area contributed by atoms with Crippen LogP contribution in [0.5, 0.6) is 0 Å². The predicted molar refractivity (Wildman–Crippen MR) is 112 cm³/mol. The maximum absolute atomic E-state index is 12.7. The first kappa shape index (κ1) is 20.4. The third-order valence-electron chi connectivity index (χ3n) is 5.00. The number of hydrogen-bond acceptors (Lipinski definition) is 3. The van der Waals surface area contributed by atoms with Crippen molar-refractivity contribution in [3.05, 3.63) is 59.7 Å². The molecule has 0 bridgehead atoms. The first-order valence-corrected chi connectivity index (χ1v) is 11.3. The highest BCUT2D eigenvalue weighted by Gasteiger charge is 2.20. The molecule has 1 aliphatic heterocycles. The molecule has 0 spiro atoms. The Kier molecular flexibility index (Phi) is 6.39. The number of benzene rings is 2. The topological polar surface area (TPSA) is 66.5 Å². The van der Waals surface area contributed by atoms with Gasteiger partial charge in [0.05, 0.1) is 4.90 Å². The van der Waals surface area contributed by atoms with Crippen molar-refractivity contribution in [2.45, 2.75) is 44.4 Å². The smallest absolute Gasteiger partial charge is 0.261 e. The molecule has 1 saturated heterocycles. The molecular formula is C22H28N2O3S. The van der Waals surface area contributed by atoms with Gasteiger partial charge in [0.15, 0.2) is 0 Å². The third kappa shape index (κ3) is 5.13. The molecule has 1 amide bonds. The Bertz CT molecular complexity index is 915. The maximum atomic E-state index is 12.7. The van der Waals surface area contributed by atoms with E-state index in [0.717, 1.165) is 44.3 Å². The van der Waals surface area contributed by atoms with Crippen LogP contribution in [0, 0.1) is 5.92 Å². The lowest BCUT2D eigenvalue weighted by Crippen LogP contribution is -2.27. The van der Waals surface area contributed by atoms with E-state index in [4.69, 9.17) is 0 Å². The number of aryl methyl sites for hydroxylation is 1. The second kappa shape index (κ2) is 8.78. The SMILES string of the molecule is CC(C)CCc1ccc(S(=O)(=O)Nc2cccc(C(=O)N3CCCC3)c2)cc1. The maximum Gasteiger partial charge on any atom is 0.261 e. The summed E-state index contributed by atoms with van der Waals surface area (Å²) in [6, 6.07) is 13.7. The van der Waals surface area contributed by atoms with Gasteiger partial charge in [0.2, 0.25) is 0 Å². The van der Waals surface area contributed by atoms with E-state index < -0.39 is 10.0 Å². The zero-order valence-corrected chi connectivity index (χ0v) is 17.3. The summed E-state index contributed by atoms with van der Waals surface area (Å²) >= 11 is 0. The lowest BCUT2D eigenvalue weighted by molar-refractivity contribution is 0.0793. The molecule has 28 heavy (non-hydrogen) atoms. The number of likely N-dealkylation sites (tertiary alicyclic amines) is 1. The first-order valence-electron chi connectivity index (χ1n) is 9.86. The van der Waals surface area contributed by atoms with Gasteiger partial charge < -0.3 is 4.90 Å². The Morgan fingerprint density at radius 1 is 1.07 bits per heavy atom. The van der Waals surface area contributed by atoms with E-state index in [9.17, 15) is 13.2 Å². The fourth-order valence-electron chi connectivity index (χ4n) is 3.32. The van der Waals surface area contributed by atoms with Crippen LogP contribution in [0.15, 0.2) is 53.4 Å². The van der Waals surface area contributed by atoms with E-state index in [1.807, 2.05) is 17.0 Å². The van der Waals surface area contributed by atoms with Gasteiger partial charge in [-0.2, -0.15) is 0 Å². The minimum atomic E-state index is -3.70. The predicted octanol–water partition coefficient (Wildman–Crippen LogP) is 4.31. The molecule has 150 valence electrons. The van der Waals surface area contributed by atoms with Crippen molar-refractivity contribution in [3.63, 3.8) is 0 Å². The highest BCUT2D eigenvalue weighted by molar-refractivity contribution is 7.92. The summed E-state index contributed by atoms with van der Waals surface area (Å²) in [4.78, 5) is 14.6. The van der Waals surface area contributed by atoms with E-state index in [0.29, 0.717) is 17.2 Å². The van der Waals surface area contributed by atoms with E-state index in [2.05, 4.69) is 18.6 Å². The Labute approximate surface area is 167 Å². The van der Waals surface area contributed by atoms with Crippen molar-refractivity contribution in [2.24, 2.45) is 5.92 Å². The minimum Gasteiger partial charge on any atom is -0.339 e. The molecule has 3 rings (SSSR count). The van der Waals surface area contributed by atoms with Gasteiger partial charge in [0.1, 0.15) is 0 Å². The van der Waals surface area contributed by atoms with Crippen molar-refractivity contribution in [2.75, 3.05) is 17.8 Å². The number of rotatable bonds is 7. The number of carbonyl (C=O) groups is 1. The lowest BCUT2D eigenvalue weighted by Gasteiger charge is -2.16. The fraction of sp³-hybridized carbons (Fsp3) is 0.409. The Hall–Kier alpha value is -2.34. The van der Waals surface area contributed by atoms with Gasteiger partial charge in [-0.3, -0.25) is 9.52 Å². The summed E-state index contributed by atoms with van der Waals surface area (Å²) < 4.78 is 28.0. The minimum absolute atomic E-state index is 0.0481. The van der Waals surface area contributed by atoms with Crippen LogP contribution >= 0.6 is 0 Å². The van der Waals surface area contributed by atoms with E-state index in [1.54, 1.807) is 36.4 Å². The summed E-state index contributed by atoms with van der Waals surface area (Å²) in [6.45, 7) is 5.87. The molecular weight excluding hydrogens is 372 g/mol. The Morgan fingerprint density at radius 3 is 2.39 bits per heavy atom. The van der Waals surface area contributed by atoms with Gasteiger partial charge in [-0.05, 0) is 67.5 Å². The molecule has 1 aliphatic rings. The summed E-state index contributed by atoms with van der Waals surface area (Å²) in [5.74, 6) is 0.564. The second-order valence-corrected chi connectivity index (χ2v) is 9.44. The van der Waals surface area contributed by atoms with Gasteiger partial charge in [0.25, 0.3) is 15.9 Å². The Morgan fingerprint density at radius 2 is 1.75 bits per heavy atom. The monoisotopic (exact) mass is 400 g/mol. The number of amides is 1. The Balaban J connectivity index is 1.71. The molecule has 0 unspecified atom stereocenters.